The Labute approximate surface area is 163 Å². The number of H-pyrrole nitrogens is 1. The second kappa shape index (κ2) is 7.76. The van der Waals surface area contributed by atoms with Crippen molar-refractivity contribution in [2.45, 2.75) is 32.2 Å². The molecule has 6 heteroatoms. The molecule has 3 rings (SSSR count). The third kappa shape index (κ3) is 4.01. The van der Waals surface area contributed by atoms with Crippen LogP contribution >= 0.6 is 0 Å². The molecule has 1 heterocycles. The molecule has 0 bridgehead atoms. The van der Waals surface area contributed by atoms with Crippen molar-refractivity contribution in [3.8, 4) is 5.75 Å². The number of benzene rings is 2. The number of hydrogen-bond acceptors (Lipinski definition) is 3. The Hall–Kier alpha value is -3.28. The summed E-state index contributed by atoms with van der Waals surface area (Å²) in [4.78, 5) is 27.5. The van der Waals surface area contributed by atoms with Gasteiger partial charge < -0.3 is 20.1 Å². The quantitative estimate of drug-likeness (QED) is 0.585. The average Bonchev–Trinajstić information content (AvgIpc) is 3.05. The van der Waals surface area contributed by atoms with E-state index in [4.69, 9.17) is 4.74 Å². The van der Waals surface area contributed by atoms with Gasteiger partial charge >= 0.3 is 5.97 Å². The van der Waals surface area contributed by atoms with Crippen LogP contribution in [0, 0.1) is 6.92 Å². The zero-order valence-electron chi connectivity index (χ0n) is 16.2. The van der Waals surface area contributed by atoms with E-state index < -0.39 is 11.5 Å². The maximum atomic E-state index is 12.8. The molecule has 0 aliphatic carbocycles. The minimum absolute atomic E-state index is 0.157. The van der Waals surface area contributed by atoms with E-state index in [0.29, 0.717) is 11.3 Å². The predicted molar refractivity (Wildman–Crippen MR) is 107 cm³/mol. The summed E-state index contributed by atoms with van der Waals surface area (Å²) in [6.45, 7) is 3.72. The van der Waals surface area contributed by atoms with Crippen LogP contribution in [-0.2, 0) is 21.5 Å². The zero-order chi connectivity index (χ0) is 20.3. The number of aromatic amines is 1. The molecule has 0 aliphatic heterocycles. The van der Waals surface area contributed by atoms with Crippen molar-refractivity contribution in [2.75, 3.05) is 7.11 Å². The zero-order valence-corrected chi connectivity index (χ0v) is 16.2. The van der Waals surface area contributed by atoms with Crippen LogP contribution in [0.2, 0.25) is 0 Å². The summed E-state index contributed by atoms with van der Waals surface area (Å²) in [5.74, 6) is -0.625. The van der Waals surface area contributed by atoms with Crippen LogP contribution in [0.4, 0.5) is 0 Å². The summed E-state index contributed by atoms with van der Waals surface area (Å²) >= 11 is 0. The maximum Gasteiger partial charge on any atom is 0.306 e. The van der Waals surface area contributed by atoms with E-state index in [1.807, 2.05) is 31.3 Å². The fourth-order valence-corrected chi connectivity index (χ4v) is 3.60. The summed E-state index contributed by atoms with van der Waals surface area (Å²) in [6, 6.07) is 13.0. The lowest BCUT2D eigenvalue weighted by Gasteiger charge is -2.30. The minimum Gasteiger partial charge on any atom is -0.497 e. The topological polar surface area (TPSA) is 91.4 Å². The fraction of sp³-hybridized carbons (Fsp3) is 0.273. The molecule has 1 aromatic heterocycles. The van der Waals surface area contributed by atoms with Crippen LogP contribution < -0.4 is 10.1 Å². The predicted octanol–water partition coefficient (Wildman–Crippen LogP) is 3.53. The molecule has 0 saturated carbocycles. The number of carboxylic acids is 1. The van der Waals surface area contributed by atoms with Gasteiger partial charge in [-0.25, -0.2) is 0 Å². The fourth-order valence-electron chi connectivity index (χ4n) is 3.60. The number of fused-ring (bicyclic) bond motifs is 1. The number of methoxy groups -OCH3 is 1. The molecule has 0 spiro atoms. The van der Waals surface area contributed by atoms with Crippen molar-refractivity contribution >= 4 is 22.8 Å². The molecule has 1 unspecified atom stereocenters. The highest BCUT2D eigenvalue weighted by Crippen LogP contribution is 2.29. The lowest BCUT2D eigenvalue weighted by Crippen LogP contribution is -2.45. The molecule has 28 heavy (non-hydrogen) atoms. The van der Waals surface area contributed by atoms with Gasteiger partial charge in [-0.3, -0.25) is 9.59 Å². The molecule has 2 aromatic carbocycles. The van der Waals surface area contributed by atoms with Crippen LogP contribution in [-0.4, -0.2) is 29.1 Å². The van der Waals surface area contributed by atoms with Gasteiger partial charge in [0.15, 0.2) is 0 Å². The van der Waals surface area contributed by atoms with Crippen molar-refractivity contribution < 1.29 is 19.4 Å². The number of aliphatic carboxylic acids is 1. The molecule has 0 fully saturated rings. The summed E-state index contributed by atoms with van der Waals surface area (Å²) < 4.78 is 5.24. The molecule has 6 nitrogen and oxygen atoms in total. The van der Waals surface area contributed by atoms with Gasteiger partial charge in [-0.2, -0.15) is 0 Å². The van der Waals surface area contributed by atoms with Crippen molar-refractivity contribution in [1.82, 2.24) is 10.3 Å². The molecule has 0 radical (unpaired) electrons. The van der Waals surface area contributed by atoms with Crippen LogP contribution in [0.5, 0.6) is 5.75 Å². The Bertz CT molecular complexity index is 1020. The van der Waals surface area contributed by atoms with Gasteiger partial charge in [0.1, 0.15) is 5.75 Å². The van der Waals surface area contributed by atoms with Gasteiger partial charge in [-0.15, -0.1) is 0 Å². The first-order chi connectivity index (χ1) is 13.3. The number of amides is 1. The van der Waals surface area contributed by atoms with Gasteiger partial charge in [-0.1, -0.05) is 24.3 Å². The SMILES string of the molecule is COc1cccc(C(C)(CC(=O)O)NC(=O)Cc2c[nH]c3cccc(C)c23)c1. The van der Waals surface area contributed by atoms with E-state index in [2.05, 4.69) is 10.3 Å². The van der Waals surface area contributed by atoms with Crippen LogP contribution in [0.25, 0.3) is 10.9 Å². The summed E-state index contributed by atoms with van der Waals surface area (Å²) in [5.41, 5.74) is 2.57. The first-order valence-corrected chi connectivity index (χ1v) is 9.05. The molecule has 3 N–H and O–H groups in total. The highest BCUT2D eigenvalue weighted by atomic mass is 16.5. The number of carboxylic acid groups (broad SMARTS) is 1. The van der Waals surface area contributed by atoms with Crippen LogP contribution in [0.1, 0.15) is 30.0 Å². The number of aromatic nitrogens is 1. The van der Waals surface area contributed by atoms with Gasteiger partial charge in [0.2, 0.25) is 5.91 Å². The second-order valence-corrected chi connectivity index (χ2v) is 7.17. The number of carbonyl (C=O) groups excluding carboxylic acids is 1. The first kappa shape index (κ1) is 19.5. The van der Waals surface area contributed by atoms with E-state index in [0.717, 1.165) is 22.0 Å². The van der Waals surface area contributed by atoms with E-state index in [1.54, 1.807) is 38.3 Å². The summed E-state index contributed by atoms with van der Waals surface area (Å²) in [5, 5.41) is 13.3. The van der Waals surface area contributed by atoms with Gasteiger partial charge in [0, 0.05) is 17.1 Å². The molecular formula is C22H24N2O4. The van der Waals surface area contributed by atoms with Crippen molar-refractivity contribution in [3.63, 3.8) is 0 Å². The molecule has 1 amide bonds. The highest BCUT2D eigenvalue weighted by Gasteiger charge is 2.32. The van der Waals surface area contributed by atoms with E-state index in [9.17, 15) is 14.7 Å². The smallest absolute Gasteiger partial charge is 0.306 e. The first-order valence-electron chi connectivity index (χ1n) is 9.05. The number of ether oxygens (including phenoxy) is 1. The number of nitrogens with one attached hydrogen (secondary N) is 2. The minimum atomic E-state index is -1.06. The number of hydrogen-bond donors (Lipinski definition) is 3. The lowest BCUT2D eigenvalue weighted by atomic mass is 9.88. The highest BCUT2D eigenvalue weighted by molar-refractivity contribution is 5.91. The average molecular weight is 380 g/mol. The summed E-state index contributed by atoms with van der Waals surface area (Å²) in [7, 11) is 1.55. The molecule has 1 atom stereocenters. The van der Waals surface area contributed by atoms with E-state index in [1.165, 1.54) is 0 Å². The Morgan fingerprint density at radius 3 is 2.68 bits per heavy atom. The third-order valence-electron chi connectivity index (χ3n) is 4.97. The van der Waals surface area contributed by atoms with E-state index in [-0.39, 0.29) is 18.7 Å². The van der Waals surface area contributed by atoms with Gasteiger partial charge in [0.05, 0.1) is 25.5 Å². The van der Waals surface area contributed by atoms with Crippen LogP contribution in [0.3, 0.4) is 0 Å². The number of rotatable bonds is 7. The molecule has 0 saturated heterocycles. The Morgan fingerprint density at radius 2 is 1.96 bits per heavy atom. The van der Waals surface area contributed by atoms with E-state index >= 15 is 0 Å². The molecule has 0 aliphatic rings. The van der Waals surface area contributed by atoms with Gasteiger partial charge in [0.25, 0.3) is 0 Å². The standard InChI is InChI=1S/C22H24N2O4/c1-14-6-4-9-18-21(14)15(13-23-18)10-19(25)24-22(2,12-20(26)27)16-7-5-8-17(11-16)28-3/h4-9,11,13,23H,10,12H2,1-3H3,(H,24,25)(H,26,27). The molecule has 3 aromatic rings. The van der Waals surface area contributed by atoms with Crippen molar-refractivity contribution in [3.05, 3.63) is 65.4 Å². The molecular weight excluding hydrogens is 356 g/mol. The largest absolute Gasteiger partial charge is 0.497 e. The Kier molecular flexibility index (Phi) is 5.40. The summed E-state index contributed by atoms with van der Waals surface area (Å²) in [6.07, 6.45) is 1.75. The normalized spacial score (nSPS) is 13.1. The number of aryl methyl sites for hydroxylation is 1. The third-order valence-corrected chi connectivity index (χ3v) is 4.97. The van der Waals surface area contributed by atoms with Crippen LogP contribution in [0.15, 0.2) is 48.7 Å². The second-order valence-electron chi connectivity index (χ2n) is 7.17. The Morgan fingerprint density at radius 1 is 1.21 bits per heavy atom. The molecule has 146 valence electrons. The monoisotopic (exact) mass is 380 g/mol. The maximum absolute atomic E-state index is 12.8. The number of carbonyl (C=O) groups is 2. The van der Waals surface area contributed by atoms with Crippen molar-refractivity contribution in [2.24, 2.45) is 0 Å². The lowest BCUT2D eigenvalue weighted by molar-refractivity contribution is -0.139. The van der Waals surface area contributed by atoms with Gasteiger partial charge in [-0.05, 0) is 48.7 Å². The Balaban J connectivity index is 1.87. The van der Waals surface area contributed by atoms with Crippen molar-refractivity contribution in [1.29, 1.82) is 0 Å².